The molecule has 4 nitrogen and oxygen atoms in total. The van der Waals surface area contributed by atoms with Gasteiger partial charge < -0.3 is 10.6 Å². The van der Waals surface area contributed by atoms with Gasteiger partial charge in [0.05, 0.1) is 11.9 Å². The molecule has 0 aliphatic heterocycles. The molecule has 0 aromatic carbocycles. The van der Waals surface area contributed by atoms with E-state index in [9.17, 15) is 4.79 Å². The van der Waals surface area contributed by atoms with Crippen molar-refractivity contribution in [2.45, 2.75) is 39.2 Å². The van der Waals surface area contributed by atoms with Crippen LogP contribution >= 0.6 is 0 Å². The predicted octanol–water partition coefficient (Wildman–Crippen LogP) is 2.68. The van der Waals surface area contributed by atoms with Crippen LogP contribution in [0.2, 0.25) is 0 Å². The highest BCUT2D eigenvalue weighted by Gasteiger charge is 2.26. The lowest BCUT2D eigenvalue weighted by Crippen LogP contribution is -2.42. The van der Waals surface area contributed by atoms with Crippen LogP contribution < -0.4 is 10.6 Å². The molecule has 2 N–H and O–H groups in total. The summed E-state index contributed by atoms with van der Waals surface area (Å²) < 4.78 is 0. The Labute approximate surface area is 115 Å². The summed E-state index contributed by atoms with van der Waals surface area (Å²) >= 11 is 0. The van der Waals surface area contributed by atoms with Gasteiger partial charge in [0.25, 0.3) is 5.91 Å². The first kappa shape index (κ1) is 13.8. The van der Waals surface area contributed by atoms with Crippen molar-refractivity contribution in [3.05, 3.63) is 24.0 Å². The number of hydrogen-bond donors (Lipinski definition) is 2. The van der Waals surface area contributed by atoms with Crippen LogP contribution in [-0.4, -0.2) is 24.0 Å². The second-order valence-electron chi connectivity index (χ2n) is 5.66. The highest BCUT2D eigenvalue weighted by Crippen LogP contribution is 2.28. The molecule has 1 heterocycles. The lowest BCUT2D eigenvalue weighted by molar-refractivity contribution is 0.0894. The van der Waals surface area contributed by atoms with E-state index in [1.54, 1.807) is 12.3 Å². The molecule has 4 heteroatoms. The molecule has 1 amide bonds. The molecule has 1 fully saturated rings. The molecular weight excluding hydrogens is 238 g/mol. The van der Waals surface area contributed by atoms with Gasteiger partial charge in [0.15, 0.2) is 0 Å². The van der Waals surface area contributed by atoms with Crippen molar-refractivity contribution in [2.24, 2.45) is 11.8 Å². The van der Waals surface area contributed by atoms with Crippen molar-refractivity contribution in [1.29, 1.82) is 0 Å². The van der Waals surface area contributed by atoms with Gasteiger partial charge in [0.2, 0.25) is 0 Å². The van der Waals surface area contributed by atoms with Crippen molar-refractivity contribution < 1.29 is 4.79 Å². The summed E-state index contributed by atoms with van der Waals surface area (Å²) in [5, 5.41) is 6.11. The average molecular weight is 261 g/mol. The monoisotopic (exact) mass is 261 g/mol. The molecule has 2 rings (SSSR count). The highest BCUT2D eigenvalue weighted by molar-refractivity contribution is 5.92. The summed E-state index contributed by atoms with van der Waals surface area (Å²) in [7, 11) is 1.83. The summed E-state index contributed by atoms with van der Waals surface area (Å²) in [4.78, 5) is 16.3. The van der Waals surface area contributed by atoms with E-state index in [0.717, 1.165) is 18.0 Å². The van der Waals surface area contributed by atoms with Gasteiger partial charge in [0.1, 0.15) is 5.69 Å². The standard InChI is InChI=1S/C15H23N3O/c1-10-4-6-13(11(2)8-10)18-15(19)14-7-5-12(16-3)9-17-14/h5,7,9-11,13,16H,4,6,8H2,1-3H3,(H,18,19). The second kappa shape index (κ2) is 6.04. The van der Waals surface area contributed by atoms with Gasteiger partial charge in [-0.15, -0.1) is 0 Å². The second-order valence-corrected chi connectivity index (χ2v) is 5.66. The Hall–Kier alpha value is -1.58. The maximum Gasteiger partial charge on any atom is 0.270 e. The van der Waals surface area contributed by atoms with Crippen molar-refractivity contribution in [2.75, 3.05) is 12.4 Å². The van der Waals surface area contributed by atoms with Crippen LogP contribution in [0, 0.1) is 11.8 Å². The number of anilines is 1. The smallest absolute Gasteiger partial charge is 0.270 e. The van der Waals surface area contributed by atoms with E-state index in [1.165, 1.54) is 12.8 Å². The predicted molar refractivity (Wildman–Crippen MR) is 77.2 cm³/mol. The molecule has 19 heavy (non-hydrogen) atoms. The zero-order valence-electron chi connectivity index (χ0n) is 11.9. The minimum Gasteiger partial charge on any atom is -0.387 e. The molecule has 1 saturated carbocycles. The molecule has 0 bridgehead atoms. The summed E-state index contributed by atoms with van der Waals surface area (Å²) in [6, 6.07) is 3.92. The molecule has 1 aliphatic rings. The summed E-state index contributed by atoms with van der Waals surface area (Å²) in [5.41, 5.74) is 1.40. The Bertz CT molecular complexity index is 430. The molecule has 3 atom stereocenters. The van der Waals surface area contributed by atoms with Crippen LogP contribution in [0.25, 0.3) is 0 Å². The maximum atomic E-state index is 12.1. The largest absolute Gasteiger partial charge is 0.387 e. The first-order valence-corrected chi connectivity index (χ1v) is 7.04. The molecule has 1 aromatic rings. The van der Waals surface area contributed by atoms with E-state index in [2.05, 4.69) is 29.5 Å². The SMILES string of the molecule is CNc1ccc(C(=O)NC2CCC(C)CC2C)nc1. The third-order valence-electron chi connectivity index (χ3n) is 4.03. The number of aromatic nitrogens is 1. The van der Waals surface area contributed by atoms with Crippen molar-refractivity contribution in [3.8, 4) is 0 Å². The molecule has 1 aliphatic carbocycles. The summed E-state index contributed by atoms with van der Waals surface area (Å²) in [6.07, 6.45) is 5.14. The van der Waals surface area contributed by atoms with E-state index in [1.807, 2.05) is 13.1 Å². The van der Waals surface area contributed by atoms with Gasteiger partial charge in [-0.25, -0.2) is 4.98 Å². The fraction of sp³-hybridized carbons (Fsp3) is 0.600. The van der Waals surface area contributed by atoms with Gasteiger partial charge in [-0.1, -0.05) is 13.8 Å². The summed E-state index contributed by atoms with van der Waals surface area (Å²) in [6.45, 7) is 4.50. The van der Waals surface area contributed by atoms with Crippen molar-refractivity contribution in [1.82, 2.24) is 10.3 Å². The Morgan fingerprint density at radius 3 is 2.68 bits per heavy atom. The van der Waals surface area contributed by atoms with Crippen LogP contribution in [0.4, 0.5) is 5.69 Å². The highest BCUT2D eigenvalue weighted by atomic mass is 16.1. The Balaban J connectivity index is 1.96. The third kappa shape index (κ3) is 3.46. The first-order chi connectivity index (χ1) is 9.10. The fourth-order valence-electron chi connectivity index (χ4n) is 2.80. The van der Waals surface area contributed by atoms with E-state index in [0.29, 0.717) is 11.6 Å². The zero-order chi connectivity index (χ0) is 13.8. The van der Waals surface area contributed by atoms with Crippen molar-refractivity contribution in [3.63, 3.8) is 0 Å². The molecule has 3 unspecified atom stereocenters. The zero-order valence-corrected chi connectivity index (χ0v) is 11.9. The van der Waals surface area contributed by atoms with E-state index >= 15 is 0 Å². The third-order valence-corrected chi connectivity index (χ3v) is 4.03. The van der Waals surface area contributed by atoms with Crippen LogP contribution in [-0.2, 0) is 0 Å². The number of rotatable bonds is 3. The topological polar surface area (TPSA) is 54.0 Å². The first-order valence-electron chi connectivity index (χ1n) is 7.04. The van der Waals surface area contributed by atoms with E-state index < -0.39 is 0 Å². The lowest BCUT2D eigenvalue weighted by atomic mass is 9.80. The number of nitrogens with zero attached hydrogens (tertiary/aromatic N) is 1. The number of pyridine rings is 1. The number of hydrogen-bond acceptors (Lipinski definition) is 3. The Kier molecular flexibility index (Phi) is 4.40. The molecule has 1 aromatic heterocycles. The minimum absolute atomic E-state index is 0.0611. The summed E-state index contributed by atoms with van der Waals surface area (Å²) in [5.74, 6) is 1.26. The van der Waals surface area contributed by atoms with Gasteiger partial charge in [-0.3, -0.25) is 4.79 Å². The quantitative estimate of drug-likeness (QED) is 0.879. The number of carbonyl (C=O) groups excluding carboxylic acids is 1. The number of nitrogens with one attached hydrogen (secondary N) is 2. The molecule has 0 radical (unpaired) electrons. The van der Waals surface area contributed by atoms with Crippen LogP contribution in [0.5, 0.6) is 0 Å². The normalized spacial score (nSPS) is 26.8. The maximum absolute atomic E-state index is 12.1. The van der Waals surface area contributed by atoms with Gasteiger partial charge in [-0.05, 0) is 43.2 Å². The van der Waals surface area contributed by atoms with Crippen LogP contribution in [0.3, 0.4) is 0 Å². The Morgan fingerprint density at radius 1 is 1.32 bits per heavy atom. The van der Waals surface area contributed by atoms with E-state index in [-0.39, 0.29) is 11.9 Å². The van der Waals surface area contributed by atoms with Gasteiger partial charge >= 0.3 is 0 Å². The fourth-order valence-corrected chi connectivity index (χ4v) is 2.80. The van der Waals surface area contributed by atoms with Gasteiger partial charge in [0, 0.05) is 13.1 Å². The average Bonchev–Trinajstić information content (AvgIpc) is 2.42. The van der Waals surface area contributed by atoms with Crippen LogP contribution in [0.15, 0.2) is 18.3 Å². The Morgan fingerprint density at radius 2 is 2.11 bits per heavy atom. The molecular formula is C15H23N3O. The molecule has 104 valence electrons. The van der Waals surface area contributed by atoms with E-state index in [4.69, 9.17) is 0 Å². The molecule has 0 saturated heterocycles. The van der Waals surface area contributed by atoms with Crippen LogP contribution in [0.1, 0.15) is 43.6 Å². The number of amides is 1. The minimum atomic E-state index is -0.0611. The van der Waals surface area contributed by atoms with Gasteiger partial charge in [-0.2, -0.15) is 0 Å². The van der Waals surface area contributed by atoms with Crippen molar-refractivity contribution >= 4 is 11.6 Å². The lowest BCUT2D eigenvalue weighted by Gasteiger charge is -2.33. The molecule has 0 spiro atoms. The number of carbonyl (C=O) groups is 1.